The van der Waals surface area contributed by atoms with E-state index >= 15 is 0 Å². The SMILES string of the molecule is CC(C)[C@@H]1c2nc(-c3cccnc3)nn2CCN1C(=O)c1cc2cccnc2[nH]1. The Labute approximate surface area is 167 Å². The van der Waals surface area contributed by atoms with E-state index in [4.69, 9.17) is 4.98 Å². The molecule has 1 amide bonds. The lowest BCUT2D eigenvalue weighted by Crippen LogP contribution is -2.44. The first-order valence-electron chi connectivity index (χ1n) is 9.71. The number of amides is 1. The smallest absolute Gasteiger partial charge is 0.271 e. The molecular formula is C21H21N7O. The first-order valence-corrected chi connectivity index (χ1v) is 9.71. The Morgan fingerprint density at radius 1 is 1.21 bits per heavy atom. The van der Waals surface area contributed by atoms with Crippen LogP contribution in [0.1, 0.15) is 36.2 Å². The maximum Gasteiger partial charge on any atom is 0.271 e. The number of nitrogens with one attached hydrogen (secondary N) is 1. The second-order valence-corrected chi connectivity index (χ2v) is 7.57. The van der Waals surface area contributed by atoms with Gasteiger partial charge in [0, 0.05) is 36.1 Å². The van der Waals surface area contributed by atoms with Crippen LogP contribution >= 0.6 is 0 Å². The summed E-state index contributed by atoms with van der Waals surface area (Å²) in [5.74, 6) is 1.60. The average molecular weight is 387 g/mol. The molecule has 0 radical (unpaired) electrons. The minimum Gasteiger partial charge on any atom is -0.335 e. The van der Waals surface area contributed by atoms with Gasteiger partial charge in [-0.1, -0.05) is 13.8 Å². The molecular weight excluding hydrogens is 366 g/mol. The highest BCUT2D eigenvalue weighted by Gasteiger charge is 2.36. The minimum absolute atomic E-state index is 0.0427. The standard InChI is InChI=1S/C21H21N7O/c1-13(2)17-20-25-19(15-6-3-7-22-12-15)26-28(20)10-9-27(17)21(29)16-11-14-5-4-8-23-18(14)24-16/h3-8,11-13,17H,9-10H2,1-2H3,(H,23,24)/t17-/m1/s1. The number of aromatic nitrogens is 6. The summed E-state index contributed by atoms with van der Waals surface area (Å²) < 4.78 is 1.92. The number of carbonyl (C=O) groups is 1. The second kappa shape index (κ2) is 6.80. The van der Waals surface area contributed by atoms with Gasteiger partial charge in [0.05, 0.1) is 12.6 Å². The summed E-state index contributed by atoms with van der Waals surface area (Å²) in [6.45, 7) is 5.39. The van der Waals surface area contributed by atoms with E-state index in [2.05, 4.69) is 33.9 Å². The number of H-pyrrole nitrogens is 1. The third-order valence-electron chi connectivity index (χ3n) is 5.29. The summed E-state index contributed by atoms with van der Waals surface area (Å²) in [5, 5.41) is 5.59. The number of fused-ring (bicyclic) bond motifs is 2. The summed E-state index contributed by atoms with van der Waals surface area (Å²) in [6.07, 6.45) is 5.20. The predicted octanol–water partition coefficient (Wildman–Crippen LogP) is 3.07. The van der Waals surface area contributed by atoms with Gasteiger partial charge in [-0.2, -0.15) is 5.10 Å². The van der Waals surface area contributed by atoms with Crippen molar-refractivity contribution in [1.29, 1.82) is 0 Å². The monoisotopic (exact) mass is 387 g/mol. The van der Waals surface area contributed by atoms with Gasteiger partial charge in [-0.05, 0) is 36.2 Å². The lowest BCUT2D eigenvalue weighted by Gasteiger charge is -2.37. The van der Waals surface area contributed by atoms with E-state index in [1.54, 1.807) is 18.6 Å². The van der Waals surface area contributed by atoms with Crippen molar-refractivity contribution >= 4 is 16.9 Å². The highest BCUT2D eigenvalue weighted by molar-refractivity contribution is 5.97. The van der Waals surface area contributed by atoms with Crippen LogP contribution in [0.15, 0.2) is 48.9 Å². The van der Waals surface area contributed by atoms with Crippen molar-refractivity contribution in [3.63, 3.8) is 0 Å². The van der Waals surface area contributed by atoms with Crippen molar-refractivity contribution < 1.29 is 4.79 Å². The zero-order chi connectivity index (χ0) is 20.0. The number of carbonyl (C=O) groups excluding carboxylic acids is 1. The summed E-state index contributed by atoms with van der Waals surface area (Å²) in [6, 6.07) is 9.33. The molecule has 5 rings (SSSR count). The van der Waals surface area contributed by atoms with Gasteiger partial charge in [0.1, 0.15) is 11.3 Å². The van der Waals surface area contributed by atoms with E-state index in [9.17, 15) is 4.79 Å². The maximum absolute atomic E-state index is 13.4. The largest absolute Gasteiger partial charge is 0.335 e. The summed E-state index contributed by atoms with van der Waals surface area (Å²) in [5.41, 5.74) is 2.14. The molecule has 1 N–H and O–H groups in total. The Bertz CT molecular complexity index is 1150. The number of nitrogens with zero attached hydrogens (tertiary/aromatic N) is 6. The van der Waals surface area contributed by atoms with Gasteiger partial charge in [0.15, 0.2) is 11.6 Å². The van der Waals surface area contributed by atoms with Gasteiger partial charge < -0.3 is 9.88 Å². The van der Waals surface area contributed by atoms with E-state index in [-0.39, 0.29) is 17.9 Å². The van der Waals surface area contributed by atoms with Crippen LogP contribution < -0.4 is 0 Å². The van der Waals surface area contributed by atoms with Gasteiger partial charge in [0.25, 0.3) is 5.91 Å². The van der Waals surface area contributed by atoms with E-state index in [0.717, 1.165) is 22.4 Å². The molecule has 0 aromatic carbocycles. The van der Waals surface area contributed by atoms with Crippen molar-refractivity contribution in [3.05, 3.63) is 60.4 Å². The molecule has 0 unspecified atom stereocenters. The average Bonchev–Trinajstić information content (AvgIpc) is 3.37. The van der Waals surface area contributed by atoms with Crippen LogP contribution in [0.5, 0.6) is 0 Å². The van der Waals surface area contributed by atoms with E-state index in [1.807, 2.05) is 39.9 Å². The molecule has 0 fully saturated rings. The predicted molar refractivity (Wildman–Crippen MR) is 108 cm³/mol. The topological polar surface area (TPSA) is 92.6 Å². The fourth-order valence-electron chi connectivity index (χ4n) is 3.95. The quantitative estimate of drug-likeness (QED) is 0.583. The van der Waals surface area contributed by atoms with Crippen LogP contribution in [-0.2, 0) is 6.54 Å². The lowest BCUT2D eigenvalue weighted by atomic mass is 9.99. The molecule has 0 saturated heterocycles. The molecule has 1 aliphatic heterocycles. The molecule has 0 bridgehead atoms. The van der Waals surface area contributed by atoms with Crippen molar-refractivity contribution in [3.8, 4) is 11.4 Å². The number of pyridine rings is 2. The molecule has 146 valence electrons. The maximum atomic E-state index is 13.4. The number of aromatic amines is 1. The third kappa shape index (κ3) is 2.97. The molecule has 0 aliphatic carbocycles. The summed E-state index contributed by atoms with van der Waals surface area (Å²) in [4.78, 5) is 31.7. The molecule has 8 heteroatoms. The highest BCUT2D eigenvalue weighted by Crippen LogP contribution is 2.33. The molecule has 29 heavy (non-hydrogen) atoms. The second-order valence-electron chi connectivity index (χ2n) is 7.57. The Morgan fingerprint density at radius 2 is 2.07 bits per heavy atom. The Kier molecular flexibility index (Phi) is 4.12. The van der Waals surface area contributed by atoms with E-state index < -0.39 is 0 Å². The van der Waals surface area contributed by atoms with Gasteiger partial charge in [-0.25, -0.2) is 14.6 Å². The van der Waals surface area contributed by atoms with Crippen molar-refractivity contribution in [2.75, 3.05) is 6.54 Å². The van der Waals surface area contributed by atoms with Gasteiger partial charge in [0.2, 0.25) is 0 Å². The fraction of sp³-hybridized carbons (Fsp3) is 0.286. The Hall–Kier alpha value is -3.55. The highest BCUT2D eigenvalue weighted by atomic mass is 16.2. The number of hydrogen-bond donors (Lipinski definition) is 1. The van der Waals surface area contributed by atoms with Crippen molar-refractivity contribution in [1.82, 2.24) is 34.6 Å². The van der Waals surface area contributed by atoms with Crippen LogP contribution in [0.3, 0.4) is 0 Å². The lowest BCUT2D eigenvalue weighted by molar-refractivity contribution is 0.0532. The zero-order valence-corrected chi connectivity index (χ0v) is 16.3. The number of hydrogen-bond acceptors (Lipinski definition) is 5. The first kappa shape index (κ1) is 17.5. The first-order chi connectivity index (χ1) is 14.1. The molecule has 0 saturated carbocycles. The zero-order valence-electron chi connectivity index (χ0n) is 16.3. The minimum atomic E-state index is -0.159. The van der Waals surface area contributed by atoms with Crippen LogP contribution in [0.4, 0.5) is 0 Å². The Balaban J connectivity index is 1.52. The van der Waals surface area contributed by atoms with Crippen molar-refractivity contribution in [2.45, 2.75) is 26.4 Å². The van der Waals surface area contributed by atoms with Crippen molar-refractivity contribution in [2.24, 2.45) is 5.92 Å². The van der Waals surface area contributed by atoms with Gasteiger partial charge in [-0.15, -0.1) is 0 Å². The molecule has 5 heterocycles. The molecule has 1 aliphatic rings. The van der Waals surface area contributed by atoms with Gasteiger partial charge >= 0.3 is 0 Å². The summed E-state index contributed by atoms with van der Waals surface area (Å²) >= 11 is 0. The number of rotatable bonds is 3. The molecule has 8 nitrogen and oxygen atoms in total. The van der Waals surface area contributed by atoms with Crippen LogP contribution in [0.2, 0.25) is 0 Å². The normalized spacial score (nSPS) is 16.4. The Morgan fingerprint density at radius 3 is 2.83 bits per heavy atom. The molecule has 1 atom stereocenters. The molecule has 4 aromatic heterocycles. The fourth-order valence-corrected chi connectivity index (χ4v) is 3.95. The molecule has 4 aromatic rings. The third-order valence-corrected chi connectivity index (χ3v) is 5.29. The molecule has 0 spiro atoms. The van der Waals surface area contributed by atoms with Crippen LogP contribution in [-0.4, -0.2) is 47.1 Å². The van der Waals surface area contributed by atoms with E-state index in [1.165, 1.54) is 0 Å². The van der Waals surface area contributed by atoms with Crippen LogP contribution in [0.25, 0.3) is 22.4 Å². The summed E-state index contributed by atoms with van der Waals surface area (Å²) in [7, 11) is 0. The van der Waals surface area contributed by atoms with Gasteiger partial charge in [-0.3, -0.25) is 9.78 Å². The van der Waals surface area contributed by atoms with Crippen LogP contribution in [0, 0.1) is 5.92 Å². The van der Waals surface area contributed by atoms with E-state index in [0.29, 0.717) is 24.6 Å².